The fourth-order valence-corrected chi connectivity index (χ4v) is 1.45. The van der Waals surface area contributed by atoms with Crippen molar-refractivity contribution in [1.29, 1.82) is 0 Å². The molecule has 2 heterocycles. The number of hydrogen-bond donors (Lipinski definition) is 0. The first-order valence-corrected chi connectivity index (χ1v) is 5.09. The van der Waals surface area contributed by atoms with Crippen molar-refractivity contribution in [1.82, 2.24) is 20.1 Å². The van der Waals surface area contributed by atoms with E-state index in [-0.39, 0.29) is 0 Å². The van der Waals surface area contributed by atoms with Crippen molar-refractivity contribution in [2.45, 2.75) is 0 Å². The van der Waals surface area contributed by atoms with E-state index in [4.69, 9.17) is 4.52 Å². The molecule has 5 nitrogen and oxygen atoms in total. The molecule has 0 N–H and O–H groups in total. The normalized spacial score (nSPS) is 10.4. The van der Waals surface area contributed by atoms with E-state index in [2.05, 4.69) is 20.1 Å². The highest BCUT2D eigenvalue weighted by Crippen LogP contribution is 2.19. The molecule has 17 heavy (non-hydrogen) atoms. The zero-order valence-corrected chi connectivity index (χ0v) is 8.82. The smallest absolute Gasteiger partial charge is 0.258 e. The Morgan fingerprint density at radius 1 is 1.00 bits per heavy atom. The van der Waals surface area contributed by atoms with Gasteiger partial charge in [0.05, 0.1) is 0 Å². The lowest BCUT2D eigenvalue weighted by atomic mass is 10.2. The molecule has 0 bridgehead atoms. The van der Waals surface area contributed by atoms with E-state index in [1.165, 1.54) is 6.33 Å². The number of rotatable bonds is 2. The van der Waals surface area contributed by atoms with E-state index in [9.17, 15) is 0 Å². The first kappa shape index (κ1) is 9.65. The maximum atomic E-state index is 5.18. The Hall–Kier alpha value is -2.56. The van der Waals surface area contributed by atoms with Gasteiger partial charge in [0.1, 0.15) is 12.0 Å². The molecule has 82 valence electrons. The lowest BCUT2D eigenvalue weighted by Gasteiger charge is -1.91. The molecular weight excluding hydrogens is 216 g/mol. The van der Waals surface area contributed by atoms with Crippen LogP contribution in [-0.4, -0.2) is 20.1 Å². The first-order chi connectivity index (χ1) is 8.43. The second-order valence-corrected chi connectivity index (χ2v) is 3.38. The van der Waals surface area contributed by atoms with Crippen molar-refractivity contribution >= 4 is 0 Å². The van der Waals surface area contributed by atoms with Crippen molar-refractivity contribution in [3.8, 4) is 23.0 Å². The average molecular weight is 224 g/mol. The fourth-order valence-electron chi connectivity index (χ4n) is 1.45. The quantitative estimate of drug-likeness (QED) is 0.667. The minimum absolute atomic E-state index is 0.464. The maximum absolute atomic E-state index is 5.18. The van der Waals surface area contributed by atoms with Crippen LogP contribution in [0.2, 0.25) is 0 Å². The molecule has 0 unspecified atom stereocenters. The molecular formula is C12H8N4O. The molecule has 1 aromatic carbocycles. The van der Waals surface area contributed by atoms with Crippen LogP contribution in [0.4, 0.5) is 0 Å². The molecule has 0 spiro atoms. The second kappa shape index (κ2) is 4.13. The molecule has 0 aliphatic rings. The standard InChI is InChI=1S/C12H8N4O/c1-2-4-9(5-3-1)12-15-11(16-17-12)10-6-7-13-8-14-10/h1-8H. The monoisotopic (exact) mass is 224 g/mol. The van der Waals surface area contributed by atoms with Gasteiger partial charge < -0.3 is 4.52 Å². The van der Waals surface area contributed by atoms with Gasteiger partial charge >= 0.3 is 0 Å². The summed E-state index contributed by atoms with van der Waals surface area (Å²) in [6, 6.07) is 11.3. The molecule has 0 fully saturated rings. The Kier molecular flexibility index (Phi) is 2.34. The summed E-state index contributed by atoms with van der Waals surface area (Å²) in [4.78, 5) is 12.2. The summed E-state index contributed by atoms with van der Waals surface area (Å²) in [5.41, 5.74) is 1.53. The highest BCUT2D eigenvalue weighted by molar-refractivity contribution is 5.56. The molecule has 0 atom stereocenters. The fraction of sp³-hybridized carbons (Fsp3) is 0. The molecule has 3 aromatic rings. The minimum atomic E-state index is 0.464. The number of benzene rings is 1. The highest BCUT2D eigenvalue weighted by atomic mass is 16.5. The zero-order valence-electron chi connectivity index (χ0n) is 8.82. The average Bonchev–Trinajstić information content (AvgIpc) is 2.90. The Morgan fingerprint density at radius 3 is 2.65 bits per heavy atom. The second-order valence-electron chi connectivity index (χ2n) is 3.38. The Bertz CT molecular complexity index is 553. The summed E-state index contributed by atoms with van der Waals surface area (Å²) in [7, 11) is 0. The molecule has 5 heteroatoms. The van der Waals surface area contributed by atoms with Crippen LogP contribution in [-0.2, 0) is 0 Å². The molecule has 2 aromatic heterocycles. The van der Waals surface area contributed by atoms with Crippen LogP contribution >= 0.6 is 0 Å². The topological polar surface area (TPSA) is 64.7 Å². The van der Waals surface area contributed by atoms with Gasteiger partial charge in [0.25, 0.3) is 5.89 Å². The van der Waals surface area contributed by atoms with Crippen molar-refractivity contribution in [2.24, 2.45) is 0 Å². The summed E-state index contributed by atoms with van der Waals surface area (Å²) in [5, 5.41) is 3.89. The van der Waals surface area contributed by atoms with Crippen LogP contribution in [0, 0.1) is 0 Å². The van der Waals surface area contributed by atoms with Crippen LogP contribution in [0.15, 0.2) is 53.4 Å². The summed E-state index contributed by atoms with van der Waals surface area (Å²) in [6.07, 6.45) is 3.09. The molecule has 0 radical (unpaired) electrons. The van der Waals surface area contributed by atoms with Crippen LogP contribution in [0.5, 0.6) is 0 Å². The van der Waals surface area contributed by atoms with E-state index >= 15 is 0 Å². The lowest BCUT2D eigenvalue weighted by Crippen LogP contribution is -1.85. The molecule has 0 amide bonds. The summed E-state index contributed by atoms with van der Waals surface area (Å²) in [5.74, 6) is 0.950. The third kappa shape index (κ3) is 1.90. The SMILES string of the molecule is c1ccc(-c2nc(-c3ccncn3)no2)cc1. The summed E-state index contributed by atoms with van der Waals surface area (Å²) >= 11 is 0. The molecule has 3 rings (SSSR count). The van der Waals surface area contributed by atoms with Gasteiger partial charge in [-0.05, 0) is 18.2 Å². The molecule has 0 aliphatic carbocycles. The third-order valence-corrected chi connectivity index (χ3v) is 2.26. The van der Waals surface area contributed by atoms with Gasteiger partial charge in [0, 0.05) is 11.8 Å². The van der Waals surface area contributed by atoms with Gasteiger partial charge in [-0.25, -0.2) is 9.97 Å². The molecule has 0 aliphatic heterocycles. The predicted octanol–water partition coefficient (Wildman–Crippen LogP) is 2.19. The van der Waals surface area contributed by atoms with Crippen molar-refractivity contribution < 1.29 is 4.52 Å². The Morgan fingerprint density at radius 2 is 1.88 bits per heavy atom. The van der Waals surface area contributed by atoms with E-state index in [0.29, 0.717) is 17.4 Å². The van der Waals surface area contributed by atoms with Crippen molar-refractivity contribution in [2.75, 3.05) is 0 Å². The van der Waals surface area contributed by atoms with Crippen LogP contribution in [0.25, 0.3) is 23.0 Å². The zero-order chi connectivity index (χ0) is 11.5. The maximum Gasteiger partial charge on any atom is 0.258 e. The third-order valence-electron chi connectivity index (χ3n) is 2.26. The Labute approximate surface area is 97.2 Å². The van der Waals surface area contributed by atoms with Gasteiger partial charge in [0.2, 0.25) is 5.82 Å². The number of nitrogens with zero attached hydrogens (tertiary/aromatic N) is 4. The van der Waals surface area contributed by atoms with E-state index in [1.54, 1.807) is 12.3 Å². The van der Waals surface area contributed by atoms with Gasteiger partial charge in [-0.1, -0.05) is 23.4 Å². The van der Waals surface area contributed by atoms with Crippen LogP contribution in [0.3, 0.4) is 0 Å². The van der Waals surface area contributed by atoms with Crippen LogP contribution in [0.1, 0.15) is 0 Å². The van der Waals surface area contributed by atoms with E-state index < -0.39 is 0 Å². The van der Waals surface area contributed by atoms with Gasteiger partial charge in [-0.15, -0.1) is 0 Å². The van der Waals surface area contributed by atoms with E-state index in [0.717, 1.165) is 5.56 Å². The summed E-state index contributed by atoms with van der Waals surface area (Å²) < 4.78 is 5.18. The number of aromatic nitrogens is 4. The summed E-state index contributed by atoms with van der Waals surface area (Å²) in [6.45, 7) is 0. The van der Waals surface area contributed by atoms with E-state index in [1.807, 2.05) is 30.3 Å². The lowest BCUT2D eigenvalue weighted by molar-refractivity contribution is 0.432. The van der Waals surface area contributed by atoms with Gasteiger partial charge in [-0.2, -0.15) is 4.98 Å². The predicted molar refractivity (Wildman–Crippen MR) is 60.8 cm³/mol. The van der Waals surface area contributed by atoms with Gasteiger partial charge in [0.15, 0.2) is 0 Å². The minimum Gasteiger partial charge on any atom is -0.334 e. The van der Waals surface area contributed by atoms with Crippen molar-refractivity contribution in [3.05, 3.63) is 48.9 Å². The molecule has 0 saturated heterocycles. The highest BCUT2D eigenvalue weighted by Gasteiger charge is 2.10. The van der Waals surface area contributed by atoms with Crippen molar-refractivity contribution in [3.63, 3.8) is 0 Å². The molecule has 0 saturated carbocycles. The number of hydrogen-bond acceptors (Lipinski definition) is 5. The Balaban J connectivity index is 1.99. The first-order valence-electron chi connectivity index (χ1n) is 5.09. The largest absolute Gasteiger partial charge is 0.334 e. The van der Waals surface area contributed by atoms with Crippen LogP contribution < -0.4 is 0 Å². The van der Waals surface area contributed by atoms with Gasteiger partial charge in [-0.3, -0.25) is 0 Å².